The van der Waals surface area contributed by atoms with Crippen LogP contribution in [0.15, 0.2) is 42.5 Å². The second-order valence-corrected chi connectivity index (χ2v) is 6.08. The number of ether oxygens (including phenoxy) is 2. The van der Waals surface area contributed by atoms with Crippen molar-refractivity contribution in [1.82, 2.24) is 5.32 Å². The number of carbonyl (C=O) groups is 3. The van der Waals surface area contributed by atoms with Crippen LogP contribution in [0, 0.1) is 0 Å². The molecule has 0 radical (unpaired) electrons. The van der Waals surface area contributed by atoms with E-state index in [1.165, 1.54) is 19.2 Å². The lowest BCUT2D eigenvalue weighted by atomic mass is 10.1. The summed E-state index contributed by atoms with van der Waals surface area (Å²) in [5.41, 5.74) is 1.47. The van der Waals surface area contributed by atoms with Gasteiger partial charge in [0.25, 0.3) is 0 Å². The van der Waals surface area contributed by atoms with Gasteiger partial charge in [0, 0.05) is 24.9 Å². The summed E-state index contributed by atoms with van der Waals surface area (Å²) in [5, 5.41) is 11.8. The molecule has 2 N–H and O–H groups in total. The highest BCUT2D eigenvalue weighted by atomic mass is 16.5. The van der Waals surface area contributed by atoms with E-state index in [-0.39, 0.29) is 30.1 Å². The van der Waals surface area contributed by atoms with Crippen LogP contribution >= 0.6 is 0 Å². The summed E-state index contributed by atoms with van der Waals surface area (Å²) < 4.78 is 10.3. The summed E-state index contributed by atoms with van der Waals surface area (Å²) in [6.45, 7) is 0.359. The zero-order chi connectivity index (χ0) is 20.5. The van der Waals surface area contributed by atoms with Gasteiger partial charge in [-0.2, -0.15) is 0 Å². The lowest BCUT2D eigenvalue weighted by Gasteiger charge is -2.10. The summed E-state index contributed by atoms with van der Waals surface area (Å²) >= 11 is 0. The molecule has 0 spiro atoms. The summed E-state index contributed by atoms with van der Waals surface area (Å²) in [4.78, 5) is 35.1. The lowest BCUT2D eigenvalue weighted by Crippen LogP contribution is -2.26. The fraction of sp³-hybridized carbons (Fsp3) is 0.286. The van der Waals surface area contributed by atoms with Crippen molar-refractivity contribution in [3.63, 3.8) is 0 Å². The molecule has 1 amide bonds. The molecule has 7 nitrogen and oxygen atoms in total. The molecule has 2 rings (SSSR count). The molecular formula is C21H23NO6. The number of ketones is 1. The van der Waals surface area contributed by atoms with Crippen molar-refractivity contribution >= 4 is 17.7 Å². The number of methoxy groups -OCH3 is 2. The smallest absolute Gasteiger partial charge is 0.335 e. The summed E-state index contributed by atoms with van der Waals surface area (Å²) in [6.07, 6.45) is 0.704. The predicted octanol–water partition coefficient (Wildman–Crippen LogP) is 2.72. The molecule has 0 heterocycles. The Morgan fingerprint density at radius 3 is 2.21 bits per heavy atom. The monoisotopic (exact) mass is 385 g/mol. The minimum absolute atomic E-state index is 0.0972. The van der Waals surface area contributed by atoms with Gasteiger partial charge in [-0.1, -0.05) is 6.07 Å². The number of hydrogen-bond donors (Lipinski definition) is 2. The van der Waals surface area contributed by atoms with Crippen molar-refractivity contribution in [2.45, 2.75) is 19.3 Å². The first kappa shape index (κ1) is 21.0. The van der Waals surface area contributed by atoms with E-state index in [4.69, 9.17) is 14.6 Å². The van der Waals surface area contributed by atoms with E-state index >= 15 is 0 Å². The Bertz CT molecular complexity index is 844. The van der Waals surface area contributed by atoms with Crippen LogP contribution in [0.2, 0.25) is 0 Å². The van der Waals surface area contributed by atoms with Gasteiger partial charge in [-0.05, 0) is 48.4 Å². The second kappa shape index (κ2) is 10.1. The standard InChI is InChI=1S/C21H23NO6/c1-27-17-7-5-14(6-8-17)18(23)9-10-20(24)22-12-11-15-3-4-16(21(25)26)13-19(15)28-2/h3-8,13H,9-12H2,1-2H3,(H,22,24)(H,25,26). The third kappa shape index (κ3) is 5.84. The van der Waals surface area contributed by atoms with Gasteiger partial charge in [0.15, 0.2) is 5.78 Å². The van der Waals surface area contributed by atoms with Gasteiger partial charge in [0.05, 0.1) is 19.8 Å². The first-order valence-electron chi connectivity index (χ1n) is 8.78. The molecule has 0 aliphatic carbocycles. The van der Waals surface area contributed by atoms with Gasteiger partial charge in [-0.15, -0.1) is 0 Å². The van der Waals surface area contributed by atoms with Crippen molar-refractivity contribution in [3.8, 4) is 11.5 Å². The number of carboxylic acid groups (broad SMARTS) is 1. The number of amides is 1. The number of carboxylic acids is 1. The van der Waals surface area contributed by atoms with Gasteiger partial charge in [0.1, 0.15) is 11.5 Å². The minimum atomic E-state index is -1.03. The van der Waals surface area contributed by atoms with Crippen LogP contribution in [0.4, 0.5) is 0 Å². The molecule has 0 fully saturated rings. The van der Waals surface area contributed by atoms with Crippen LogP contribution in [0.25, 0.3) is 0 Å². The SMILES string of the molecule is COc1ccc(C(=O)CCC(=O)NCCc2ccc(C(=O)O)cc2OC)cc1. The Morgan fingerprint density at radius 1 is 0.929 bits per heavy atom. The first-order valence-corrected chi connectivity index (χ1v) is 8.78. The van der Waals surface area contributed by atoms with Crippen LogP contribution in [-0.2, 0) is 11.2 Å². The Balaban J connectivity index is 1.79. The van der Waals surface area contributed by atoms with E-state index in [2.05, 4.69) is 5.32 Å². The molecule has 0 aliphatic heterocycles. The molecule has 0 aromatic heterocycles. The Kier molecular flexibility index (Phi) is 7.56. The van der Waals surface area contributed by atoms with E-state index in [9.17, 15) is 14.4 Å². The fourth-order valence-electron chi connectivity index (χ4n) is 2.66. The third-order valence-corrected chi connectivity index (χ3v) is 4.24. The van der Waals surface area contributed by atoms with Crippen LogP contribution in [0.1, 0.15) is 39.1 Å². The molecule has 0 unspecified atom stereocenters. The maximum Gasteiger partial charge on any atom is 0.335 e. The summed E-state index contributed by atoms with van der Waals surface area (Å²) in [5.74, 6) is -0.226. The highest BCUT2D eigenvalue weighted by molar-refractivity contribution is 5.98. The van der Waals surface area contributed by atoms with Crippen LogP contribution < -0.4 is 14.8 Å². The highest BCUT2D eigenvalue weighted by Crippen LogP contribution is 2.20. The lowest BCUT2D eigenvalue weighted by molar-refractivity contribution is -0.121. The first-order chi connectivity index (χ1) is 13.4. The largest absolute Gasteiger partial charge is 0.497 e. The average molecular weight is 385 g/mol. The van der Waals surface area contributed by atoms with E-state index < -0.39 is 5.97 Å². The van der Waals surface area contributed by atoms with Crippen molar-refractivity contribution in [2.24, 2.45) is 0 Å². The predicted molar refractivity (Wildman–Crippen MR) is 103 cm³/mol. The number of hydrogen-bond acceptors (Lipinski definition) is 5. The van der Waals surface area contributed by atoms with E-state index in [1.54, 1.807) is 37.4 Å². The highest BCUT2D eigenvalue weighted by Gasteiger charge is 2.11. The van der Waals surface area contributed by atoms with E-state index in [1.807, 2.05) is 0 Å². The van der Waals surface area contributed by atoms with Crippen LogP contribution in [-0.4, -0.2) is 43.5 Å². The second-order valence-electron chi connectivity index (χ2n) is 6.08. The van der Waals surface area contributed by atoms with Crippen molar-refractivity contribution < 1.29 is 29.0 Å². The molecule has 2 aromatic carbocycles. The van der Waals surface area contributed by atoms with E-state index in [0.717, 1.165) is 5.56 Å². The van der Waals surface area contributed by atoms with Gasteiger partial charge in [-0.25, -0.2) is 4.79 Å². The molecule has 0 saturated carbocycles. The van der Waals surface area contributed by atoms with Crippen molar-refractivity contribution in [2.75, 3.05) is 20.8 Å². The van der Waals surface area contributed by atoms with Crippen molar-refractivity contribution in [3.05, 3.63) is 59.2 Å². The number of aromatic carboxylic acids is 1. The van der Waals surface area contributed by atoms with Crippen molar-refractivity contribution in [1.29, 1.82) is 0 Å². The molecule has 0 bridgehead atoms. The molecule has 0 aliphatic rings. The third-order valence-electron chi connectivity index (χ3n) is 4.24. The van der Waals surface area contributed by atoms with Gasteiger partial charge < -0.3 is 19.9 Å². The van der Waals surface area contributed by atoms with Gasteiger partial charge in [-0.3, -0.25) is 9.59 Å². The molecule has 28 heavy (non-hydrogen) atoms. The number of nitrogens with one attached hydrogen (secondary N) is 1. The molecule has 0 saturated heterocycles. The topological polar surface area (TPSA) is 102 Å². The Labute approximate surface area is 163 Å². The average Bonchev–Trinajstić information content (AvgIpc) is 2.72. The van der Waals surface area contributed by atoms with Gasteiger partial charge >= 0.3 is 5.97 Å². The zero-order valence-electron chi connectivity index (χ0n) is 15.9. The maximum atomic E-state index is 12.1. The maximum absolute atomic E-state index is 12.1. The number of benzene rings is 2. The normalized spacial score (nSPS) is 10.2. The Morgan fingerprint density at radius 2 is 1.61 bits per heavy atom. The number of Topliss-reactive ketones (excluding diaryl/α,β-unsaturated/α-hetero) is 1. The van der Waals surface area contributed by atoms with Gasteiger partial charge in [0.2, 0.25) is 5.91 Å². The molecule has 2 aromatic rings. The molecule has 0 atom stereocenters. The number of carbonyl (C=O) groups excluding carboxylic acids is 2. The van der Waals surface area contributed by atoms with Crippen LogP contribution in [0.3, 0.4) is 0 Å². The zero-order valence-corrected chi connectivity index (χ0v) is 15.9. The summed E-state index contributed by atoms with van der Waals surface area (Å²) in [6, 6.07) is 11.4. The molecule has 7 heteroatoms. The fourth-order valence-corrected chi connectivity index (χ4v) is 2.66. The molecule has 148 valence electrons. The number of rotatable bonds is 10. The minimum Gasteiger partial charge on any atom is -0.497 e. The summed E-state index contributed by atoms with van der Waals surface area (Å²) in [7, 11) is 3.02. The Hall–Kier alpha value is -3.35. The molecular weight excluding hydrogens is 362 g/mol. The van der Waals surface area contributed by atoms with E-state index in [0.29, 0.717) is 30.0 Å². The van der Waals surface area contributed by atoms with Crippen LogP contribution in [0.5, 0.6) is 11.5 Å². The quantitative estimate of drug-likeness (QED) is 0.610.